The van der Waals surface area contributed by atoms with Gasteiger partial charge in [-0.25, -0.2) is 13.6 Å². The Hall–Kier alpha value is -1.34. The maximum absolute atomic E-state index is 11.5. The lowest BCUT2D eigenvalue weighted by Gasteiger charge is -2.12. The van der Waals surface area contributed by atoms with E-state index in [0.717, 1.165) is 12.8 Å². The van der Waals surface area contributed by atoms with E-state index in [4.69, 9.17) is 9.88 Å². The largest absolute Gasteiger partial charge is 0.487 e. The quantitative estimate of drug-likeness (QED) is 0.793. The molecule has 1 aromatic heterocycles. The Kier molecular flexibility index (Phi) is 2.73. The summed E-state index contributed by atoms with van der Waals surface area (Å²) in [5, 5.41) is 7.89. The number of nitrogens with two attached hydrogens (primary N) is 1. The zero-order chi connectivity index (χ0) is 11.8. The van der Waals surface area contributed by atoms with Crippen molar-refractivity contribution in [3.05, 3.63) is 12.4 Å². The number of nitrogens with one attached hydrogen (secondary N) is 1. The molecule has 1 aliphatic rings. The van der Waals surface area contributed by atoms with Crippen LogP contribution in [0.3, 0.4) is 0 Å². The highest BCUT2D eigenvalue weighted by Gasteiger charge is 2.28. The molecule has 16 heavy (non-hydrogen) atoms. The SMILES string of the molecule is CNc1cncc(OC2CC2)c1S(N)(=O)=O. The molecular formula is C9H13N3O3S. The molecule has 1 fully saturated rings. The monoisotopic (exact) mass is 243 g/mol. The molecule has 1 aromatic rings. The van der Waals surface area contributed by atoms with Crippen molar-refractivity contribution >= 4 is 15.7 Å². The molecule has 1 saturated carbocycles. The number of hydrogen-bond acceptors (Lipinski definition) is 5. The van der Waals surface area contributed by atoms with Crippen LogP contribution in [0.15, 0.2) is 17.3 Å². The Balaban J connectivity index is 2.49. The molecule has 0 saturated heterocycles. The summed E-state index contributed by atoms with van der Waals surface area (Å²) in [7, 11) is -2.22. The average Bonchev–Trinajstić information content (AvgIpc) is 2.99. The van der Waals surface area contributed by atoms with Gasteiger partial charge in [-0.1, -0.05) is 0 Å². The van der Waals surface area contributed by atoms with Crippen molar-refractivity contribution in [2.24, 2.45) is 5.14 Å². The molecule has 0 unspecified atom stereocenters. The Morgan fingerprint density at radius 3 is 2.69 bits per heavy atom. The van der Waals surface area contributed by atoms with Crippen LogP contribution in [-0.2, 0) is 10.0 Å². The Bertz CT molecular complexity index is 497. The topological polar surface area (TPSA) is 94.3 Å². The average molecular weight is 243 g/mol. The zero-order valence-electron chi connectivity index (χ0n) is 8.80. The van der Waals surface area contributed by atoms with E-state index in [1.165, 1.54) is 12.4 Å². The summed E-state index contributed by atoms with van der Waals surface area (Å²) in [4.78, 5) is 3.87. The van der Waals surface area contributed by atoms with Crippen molar-refractivity contribution in [2.45, 2.75) is 23.8 Å². The van der Waals surface area contributed by atoms with Crippen LogP contribution in [0.25, 0.3) is 0 Å². The summed E-state index contributed by atoms with van der Waals surface area (Å²) in [6.07, 6.45) is 4.74. The molecule has 6 nitrogen and oxygen atoms in total. The first-order valence-corrected chi connectivity index (χ1v) is 6.42. The maximum Gasteiger partial charge on any atom is 0.243 e. The van der Waals surface area contributed by atoms with Gasteiger partial charge in [0.2, 0.25) is 10.0 Å². The van der Waals surface area contributed by atoms with Gasteiger partial charge in [0.15, 0.2) is 5.75 Å². The lowest BCUT2D eigenvalue weighted by atomic mass is 10.4. The van der Waals surface area contributed by atoms with Crippen molar-refractivity contribution in [2.75, 3.05) is 12.4 Å². The second-order valence-corrected chi connectivity index (χ2v) is 5.12. The Morgan fingerprint density at radius 1 is 1.50 bits per heavy atom. The van der Waals surface area contributed by atoms with E-state index in [2.05, 4.69) is 10.3 Å². The van der Waals surface area contributed by atoms with Crippen molar-refractivity contribution in [1.82, 2.24) is 4.98 Å². The first kappa shape index (κ1) is 11.2. The standard InChI is InChI=1S/C9H13N3O3S/c1-11-7-4-12-5-8(15-6-2-3-6)9(7)16(10,13)14/h4-6,11H,2-3H2,1H3,(H2,10,13,14). The van der Waals surface area contributed by atoms with Crippen LogP contribution in [0.2, 0.25) is 0 Å². The number of pyridine rings is 1. The van der Waals surface area contributed by atoms with E-state index in [-0.39, 0.29) is 16.7 Å². The van der Waals surface area contributed by atoms with Gasteiger partial charge < -0.3 is 10.1 Å². The van der Waals surface area contributed by atoms with Crippen molar-refractivity contribution in [3.63, 3.8) is 0 Å². The van der Waals surface area contributed by atoms with Crippen LogP contribution >= 0.6 is 0 Å². The van der Waals surface area contributed by atoms with E-state index < -0.39 is 10.0 Å². The summed E-state index contributed by atoms with van der Waals surface area (Å²) < 4.78 is 28.4. The summed E-state index contributed by atoms with van der Waals surface area (Å²) in [5.41, 5.74) is 0.348. The van der Waals surface area contributed by atoms with Crippen LogP contribution in [0.5, 0.6) is 5.75 Å². The third kappa shape index (κ3) is 2.25. The molecule has 0 atom stereocenters. The van der Waals surface area contributed by atoms with E-state index >= 15 is 0 Å². The van der Waals surface area contributed by atoms with Crippen molar-refractivity contribution in [3.8, 4) is 5.75 Å². The number of primary sulfonamides is 1. The highest BCUT2D eigenvalue weighted by Crippen LogP contribution is 2.33. The van der Waals surface area contributed by atoms with E-state index in [9.17, 15) is 8.42 Å². The zero-order valence-corrected chi connectivity index (χ0v) is 9.62. The third-order valence-corrected chi connectivity index (χ3v) is 3.23. The molecule has 0 radical (unpaired) electrons. The Labute approximate surface area is 93.9 Å². The molecule has 2 rings (SSSR count). The minimum Gasteiger partial charge on any atom is -0.487 e. The predicted molar refractivity (Wildman–Crippen MR) is 58.8 cm³/mol. The van der Waals surface area contributed by atoms with Crippen LogP contribution in [0, 0.1) is 0 Å². The summed E-state index contributed by atoms with van der Waals surface area (Å²) >= 11 is 0. The van der Waals surface area contributed by atoms with Gasteiger partial charge >= 0.3 is 0 Å². The fourth-order valence-electron chi connectivity index (χ4n) is 1.35. The third-order valence-electron chi connectivity index (χ3n) is 2.24. The van der Waals surface area contributed by atoms with Crippen LogP contribution in [0.1, 0.15) is 12.8 Å². The Morgan fingerprint density at radius 2 is 2.19 bits per heavy atom. The molecule has 1 heterocycles. The lowest BCUT2D eigenvalue weighted by molar-refractivity contribution is 0.294. The van der Waals surface area contributed by atoms with Gasteiger partial charge in [-0.05, 0) is 12.8 Å². The van der Waals surface area contributed by atoms with Crippen molar-refractivity contribution < 1.29 is 13.2 Å². The predicted octanol–water partition coefficient (Wildman–Crippen LogP) is 0.312. The molecule has 0 bridgehead atoms. The van der Waals surface area contributed by atoms with E-state index in [1.807, 2.05) is 0 Å². The summed E-state index contributed by atoms with van der Waals surface area (Å²) in [6, 6.07) is 0. The molecular weight excluding hydrogens is 230 g/mol. The number of aromatic nitrogens is 1. The van der Waals surface area contributed by atoms with Crippen LogP contribution in [-0.4, -0.2) is 26.6 Å². The number of anilines is 1. The molecule has 1 aliphatic carbocycles. The van der Waals surface area contributed by atoms with Gasteiger partial charge in [-0.3, -0.25) is 4.98 Å². The van der Waals surface area contributed by atoms with Crippen LogP contribution < -0.4 is 15.2 Å². The number of nitrogens with zero attached hydrogens (tertiary/aromatic N) is 1. The van der Waals surface area contributed by atoms with Gasteiger partial charge in [-0.15, -0.1) is 0 Å². The molecule has 7 heteroatoms. The fraction of sp³-hybridized carbons (Fsp3) is 0.444. The second-order valence-electron chi connectivity index (χ2n) is 3.63. The minimum atomic E-state index is -3.82. The lowest BCUT2D eigenvalue weighted by Crippen LogP contribution is -2.16. The number of hydrogen-bond donors (Lipinski definition) is 2. The van der Waals surface area contributed by atoms with E-state index in [1.54, 1.807) is 7.05 Å². The molecule has 88 valence electrons. The highest BCUT2D eigenvalue weighted by molar-refractivity contribution is 7.89. The first-order valence-electron chi connectivity index (χ1n) is 4.87. The molecule has 0 aromatic carbocycles. The molecule has 0 amide bonds. The van der Waals surface area contributed by atoms with Gasteiger partial charge in [-0.2, -0.15) is 0 Å². The van der Waals surface area contributed by atoms with Gasteiger partial charge in [0.1, 0.15) is 4.90 Å². The summed E-state index contributed by atoms with van der Waals surface area (Å²) in [5.74, 6) is 0.219. The van der Waals surface area contributed by atoms with Gasteiger partial charge in [0.25, 0.3) is 0 Å². The van der Waals surface area contributed by atoms with Gasteiger partial charge in [0.05, 0.1) is 24.2 Å². The fourth-order valence-corrected chi connectivity index (χ4v) is 2.19. The molecule has 3 N–H and O–H groups in total. The molecule has 0 spiro atoms. The van der Waals surface area contributed by atoms with Crippen molar-refractivity contribution in [1.29, 1.82) is 0 Å². The van der Waals surface area contributed by atoms with Crippen LogP contribution in [0.4, 0.5) is 5.69 Å². The first-order chi connectivity index (χ1) is 7.52. The number of sulfonamides is 1. The van der Waals surface area contributed by atoms with Gasteiger partial charge in [0, 0.05) is 7.05 Å². The minimum absolute atomic E-state index is 0.0306. The normalized spacial score (nSPS) is 15.9. The smallest absolute Gasteiger partial charge is 0.243 e. The molecule has 0 aliphatic heterocycles. The summed E-state index contributed by atoms with van der Waals surface area (Å²) in [6.45, 7) is 0. The number of rotatable bonds is 4. The van der Waals surface area contributed by atoms with E-state index in [0.29, 0.717) is 5.69 Å². The maximum atomic E-state index is 11.5. The highest BCUT2D eigenvalue weighted by atomic mass is 32.2. The second kappa shape index (κ2) is 3.91. The number of ether oxygens (including phenoxy) is 1.